The van der Waals surface area contributed by atoms with E-state index in [0.29, 0.717) is 20.7 Å². The van der Waals surface area contributed by atoms with E-state index < -0.39 is 10.2 Å². The molecule has 6 heteroatoms. The van der Waals surface area contributed by atoms with Gasteiger partial charge in [-0.15, -0.1) is 11.3 Å². The zero-order valence-corrected chi connectivity index (χ0v) is 10.0. The third-order valence-electron chi connectivity index (χ3n) is 2.08. The number of thiophene rings is 1. The van der Waals surface area contributed by atoms with E-state index in [9.17, 15) is 12.3 Å². The van der Waals surface area contributed by atoms with Crippen LogP contribution >= 0.6 is 22.9 Å². The molecule has 0 saturated carbocycles. The normalized spacial score (nSPS) is 12.2. The van der Waals surface area contributed by atoms with Crippen molar-refractivity contribution in [3.8, 4) is 0 Å². The molecule has 2 aromatic rings. The van der Waals surface area contributed by atoms with E-state index in [-0.39, 0.29) is 4.21 Å². The van der Waals surface area contributed by atoms with Crippen LogP contribution in [0.4, 0.5) is 3.89 Å². The van der Waals surface area contributed by atoms with Crippen LogP contribution in [0, 0.1) is 6.92 Å². The summed E-state index contributed by atoms with van der Waals surface area (Å²) in [6, 6.07) is 4.97. The molecule has 0 N–H and O–H groups in total. The fourth-order valence-electron chi connectivity index (χ4n) is 1.40. The van der Waals surface area contributed by atoms with Crippen LogP contribution in [0.3, 0.4) is 0 Å². The Labute approximate surface area is 95.5 Å². The summed E-state index contributed by atoms with van der Waals surface area (Å²) in [5.74, 6) is 0. The molecule has 1 aromatic heterocycles. The molecule has 0 aliphatic heterocycles. The van der Waals surface area contributed by atoms with Gasteiger partial charge >= 0.3 is 10.2 Å². The number of rotatable bonds is 1. The van der Waals surface area contributed by atoms with Crippen molar-refractivity contribution in [2.45, 2.75) is 11.1 Å². The lowest BCUT2D eigenvalue weighted by Gasteiger charge is -1.93. The third kappa shape index (κ3) is 1.87. The van der Waals surface area contributed by atoms with Crippen molar-refractivity contribution in [1.29, 1.82) is 0 Å². The largest absolute Gasteiger partial charge is 0.341 e. The smallest absolute Gasteiger partial charge is 0.188 e. The van der Waals surface area contributed by atoms with Crippen molar-refractivity contribution in [2.24, 2.45) is 0 Å². The Kier molecular flexibility index (Phi) is 2.48. The molecule has 2 nitrogen and oxygen atoms in total. The second-order valence-electron chi connectivity index (χ2n) is 3.09. The van der Waals surface area contributed by atoms with Gasteiger partial charge in [0, 0.05) is 9.72 Å². The highest BCUT2D eigenvalue weighted by atomic mass is 35.5. The zero-order valence-electron chi connectivity index (χ0n) is 7.62. The lowest BCUT2D eigenvalue weighted by molar-refractivity contribution is 0.554. The number of hydrogen-bond acceptors (Lipinski definition) is 3. The van der Waals surface area contributed by atoms with E-state index in [1.165, 1.54) is 0 Å². The number of halogens is 2. The van der Waals surface area contributed by atoms with E-state index in [4.69, 9.17) is 11.6 Å². The Morgan fingerprint density at radius 1 is 1.40 bits per heavy atom. The minimum Gasteiger partial charge on any atom is -0.188 e. The predicted octanol–water partition coefficient (Wildman–Crippen LogP) is 3.52. The van der Waals surface area contributed by atoms with Crippen LogP contribution in [-0.2, 0) is 10.2 Å². The molecular weight excluding hydrogens is 259 g/mol. The standard InChI is InChI=1S/C9H6ClFO2S2/c1-5-7-4-6(10)2-3-8(7)14-9(5)15(11,12)13/h2-4H,1H3. The molecule has 1 heterocycles. The summed E-state index contributed by atoms with van der Waals surface area (Å²) >= 11 is 6.69. The molecule has 0 radical (unpaired) electrons. The Balaban J connectivity index is 2.87. The number of fused-ring (bicyclic) bond motifs is 1. The molecule has 0 bridgehead atoms. The highest BCUT2D eigenvalue weighted by molar-refractivity contribution is 7.88. The Bertz CT molecular complexity index is 631. The van der Waals surface area contributed by atoms with Gasteiger partial charge in [0.1, 0.15) is 0 Å². The molecule has 15 heavy (non-hydrogen) atoms. The maximum Gasteiger partial charge on any atom is 0.341 e. The van der Waals surface area contributed by atoms with Gasteiger partial charge in [-0.1, -0.05) is 15.5 Å². The molecule has 0 aliphatic rings. The second-order valence-corrected chi connectivity index (χ2v) is 6.12. The fraction of sp³-hybridized carbons (Fsp3) is 0.111. The van der Waals surface area contributed by atoms with Crippen LogP contribution in [-0.4, -0.2) is 8.42 Å². The van der Waals surface area contributed by atoms with Gasteiger partial charge in [0.25, 0.3) is 0 Å². The van der Waals surface area contributed by atoms with Crippen LogP contribution < -0.4 is 0 Å². The zero-order chi connectivity index (χ0) is 11.2. The molecule has 0 spiro atoms. The van der Waals surface area contributed by atoms with Crippen molar-refractivity contribution in [2.75, 3.05) is 0 Å². The first-order valence-corrected chi connectivity index (χ1v) is 6.61. The van der Waals surface area contributed by atoms with Gasteiger partial charge < -0.3 is 0 Å². The number of aryl methyl sites for hydroxylation is 1. The molecule has 0 fully saturated rings. The number of benzene rings is 1. The average molecular weight is 265 g/mol. The summed E-state index contributed by atoms with van der Waals surface area (Å²) in [6.45, 7) is 1.57. The Hall–Kier alpha value is -0.650. The predicted molar refractivity (Wildman–Crippen MR) is 59.9 cm³/mol. The summed E-state index contributed by atoms with van der Waals surface area (Å²) in [6.07, 6.45) is 0. The monoisotopic (exact) mass is 264 g/mol. The van der Waals surface area contributed by atoms with Crippen LogP contribution in [0.1, 0.15) is 5.56 Å². The van der Waals surface area contributed by atoms with E-state index in [0.717, 1.165) is 11.3 Å². The van der Waals surface area contributed by atoms with Gasteiger partial charge in [-0.25, -0.2) is 0 Å². The molecule has 0 atom stereocenters. The van der Waals surface area contributed by atoms with E-state index in [2.05, 4.69) is 0 Å². The highest BCUT2D eigenvalue weighted by Gasteiger charge is 2.20. The van der Waals surface area contributed by atoms with E-state index >= 15 is 0 Å². The minimum atomic E-state index is -4.63. The molecule has 0 amide bonds. The fourth-order valence-corrected chi connectivity index (χ4v) is 3.64. The summed E-state index contributed by atoms with van der Waals surface area (Å²) in [7, 11) is -4.63. The third-order valence-corrected chi connectivity index (χ3v) is 4.97. The van der Waals surface area contributed by atoms with Crippen molar-refractivity contribution in [1.82, 2.24) is 0 Å². The van der Waals surface area contributed by atoms with Gasteiger partial charge in [-0.3, -0.25) is 0 Å². The topological polar surface area (TPSA) is 34.1 Å². The average Bonchev–Trinajstić information content (AvgIpc) is 2.43. The maximum atomic E-state index is 12.9. The van der Waals surface area contributed by atoms with Gasteiger partial charge in [-0.05, 0) is 36.1 Å². The van der Waals surface area contributed by atoms with Gasteiger partial charge in [0.15, 0.2) is 4.21 Å². The van der Waals surface area contributed by atoms with Crippen LogP contribution in [0.5, 0.6) is 0 Å². The Morgan fingerprint density at radius 2 is 2.07 bits per heavy atom. The molecule has 0 aliphatic carbocycles. The summed E-state index contributed by atoms with van der Waals surface area (Å²) < 4.78 is 35.0. The molecular formula is C9H6ClFO2S2. The quantitative estimate of drug-likeness (QED) is 0.739. The Morgan fingerprint density at radius 3 is 2.67 bits per heavy atom. The lowest BCUT2D eigenvalue weighted by atomic mass is 10.2. The summed E-state index contributed by atoms with van der Waals surface area (Å²) in [4.78, 5) is 0. The minimum absolute atomic E-state index is 0.236. The van der Waals surface area contributed by atoms with Gasteiger partial charge in [0.05, 0.1) is 0 Å². The van der Waals surface area contributed by atoms with Crippen molar-refractivity contribution in [3.63, 3.8) is 0 Å². The van der Waals surface area contributed by atoms with Gasteiger partial charge in [-0.2, -0.15) is 8.42 Å². The SMILES string of the molecule is Cc1c(S(=O)(=O)F)sc2ccc(Cl)cc12. The summed E-state index contributed by atoms with van der Waals surface area (Å²) in [5, 5.41) is 1.19. The highest BCUT2D eigenvalue weighted by Crippen LogP contribution is 2.36. The second kappa shape index (κ2) is 3.43. The van der Waals surface area contributed by atoms with Crippen molar-refractivity contribution in [3.05, 3.63) is 28.8 Å². The summed E-state index contributed by atoms with van der Waals surface area (Å²) in [5.41, 5.74) is 0.417. The number of hydrogen-bond donors (Lipinski definition) is 0. The first-order valence-electron chi connectivity index (χ1n) is 4.03. The van der Waals surface area contributed by atoms with Crippen LogP contribution in [0.25, 0.3) is 10.1 Å². The lowest BCUT2D eigenvalue weighted by Crippen LogP contribution is -1.89. The maximum absolute atomic E-state index is 12.9. The molecule has 2 rings (SSSR count). The first kappa shape index (κ1) is 10.9. The molecule has 1 aromatic carbocycles. The molecule has 0 saturated heterocycles. The van der Waals surface area contributed by atoms with Crippen molar-refractivity contribution < 1.29 is 12.3 Å². The molecule has 0 unspecified atom stereocenters. The van der Waals surface area contributed by atoms with Crippen LogP contribution in [0.15, 0.2) is 22.4 Å². The first-order chi connectivity index (χ1) is 6.89. The van der Waals surface area contributed by atoms with Gasteiger partial charge in [0.2, 0.25) is 0 Å². The molecule has 80 valence electrons. The van der Waals surface area contributed by atoms with Crippen molar-refractivity contribution >= 4 is 43.2 Å². The van der Waals surface area contributed by atoms with E-state index in [1.54, 1.807) is 25.1 Å². The van der Waals surface area contributed by atoms with Crippen LogP contribution in [0.2, 0.25) is 5.02 Å². The van der Waals surface area contributed by atoms with E-state index in [1.807, 2.05) is 0 Å².